The van der Waals surface area contributed by atoms with Crippen LogP contribution in [0, 0.1) is 11.6 Å². The maximum atomic E-state index is 13.7. The molecule has 25 heavy (non-hydrogen) atoms. The van der Waals surface area contributed by atoms with Crippen molar-refractivity contribution in [3.63, 3.8) is 0 Å². The second-order valence-electron chi connectivity index (χ2n) is 6.04. The van der Waals surface area contributed by atoms with Crippen LogP contribution in [-0.2, 0) is 4.74 Å². The van der Waals surface area contributed by atoms with Gasteiger partial charge in [-0.3, -0.25) is 4.79 Å². The standard InChI is InChI=1S/C19H20F2N2O2/c1-25-15-4-3-11-23(12-15)14-9-7-13(8-10-14)22-19(24)18-16(20)5-2-6-17(18)21/h2,5-10,15H,3-4,11-12H2,1H3,(H,22,24)/t15-/m1/s1. The summed E-state index contributed by atoms with van der Waals surface area (Å²) in [6, 6.07) is 10.6. The van der Waals surface area contributed by atoms with E-state index < -0.39 is 23.1 Å². The number of benzene rings is 2. The molecule has 0 aliphatic carbocycles. The van der Waals surface area contributed by atoms with Gasteiger partial charge >= 0.3 is 0 Å². The molecule has 0 radical (unpaired) electrons. The van der Waals surface area contributed by atoms with Gasteiger partial charge in [0.2, 0.25) is 0 Å². The third-order valence-corrected chi connectivity index (χ3v) is 4.39. The summed E-state index contributed by atoms with van der Waals surface area (Å²) in [7, 11) is 1.72. The lowest BCUT2D eigenvalue weighted by molar-refractivity contribution is 0.0893. The minimum absolute atomic E-state index is 0.220. The van der Waals surface area contributed by atoms with E-state index in [1.165, 1.54) is 6.07 Å². The highest BCUT2D eigenvalue weighted by Gasteiger charge is 2.20. The third kappa shape index (κ3) is 3.96. The Labute approximate surface area is 145 Å². The van der Waals surface area contributed by atoms with E-state index in [-0.39, 0.29) is 6.10 Å². The van der Waals surface area contributed by atoms with Gasteiger partial charge in [0.15, 0.2) is 0 Å². The van der Waals surface area contributed by atoms with Gasteiger partial charge in [-0.2, -0.15) is 0 Å². The van der Waals surface area contributed by atoms with Gasteiger partial charge in [-0.05, 0) is 49.2 Å². The number of anilines is 2. The monoisotopic (exact) mass is 346 g/mol. The molecular weight excluding hydrogens is 326 g/mol. The first kappa shape index (κ1) is 17.4. The second-order valence-corrected chi connectivity index (χ2v) is 6.04. The summed E-state index contributed by atoms with van der Waals surface area (Å²) in [5.41, 5.74) is 0.930. The molecule has 1 saturated heterocycles. The molecule has 0 bridgehead atoms. The molecule has 1 amide bonds. The molecule has 0 saturated carbocycles. The lowest BCUT2D eigenvalue weighted by Crippen LogP contribution is -2.39. The minimum atomic E-state index is -0.881. The molecule has 1 aliphatic rings. The molecule has 2 aromatic rings. The summed E-state index contributed by atoms with van der Waals surface area (Å²) in [5, 5.41) is 2.53. The fraction of sp³-hybridized carbons (Fsp3) is 0.316. The maximum Gasteiger partial charge on any atom is 0.261 e. The predicted molar refractivity (Wildman–Crippen MR) is 93.0 cm³/mol. The number of amides is 1. The number of nitrogens with zero attached hydrogens (tertiary/aromatic N) is 1. The number of carbonyl (C=O) groups excluding carboxylic acids is 1. The van der Waals surface area contributed by atoms with Crippen molar-refractivity contribution in [1.29, 1.82) is 0 Å². The van der Waals surface area contributed by atoms with E-state index in [9.17, 15) is 13.6 Å². The van der Waals surface area contributed by atoms with Crippen LogP contribution in [0.1, 0.15) is 23.2 Å². The normalized spacial score (nSPS) is 17.4. The fourth-order valence-corrected chi connectivity index (χ4v) is 3.03. The molecule has 0 spiro atoms. The van der Waals surface area contributed by atoms with Crippen LogP contribution in [-0.4, -0.2) is 32.2 Å². The predicted octanol–water partition coefficient (Wildman–Crippen LogP) is 3.83. The highest BCUT2D eigenvalue weighted by molar-refractivity contribution is 6.04. The van der Waals surface area contributed by atoms with Crippen molar-refractivity contribution in [1.82, 2.24) is 0 Å². The van der Waals surface area contributed by atoms with Crippen LogP contribution in [0.4, 0.5) is 20.2 Å². The Morgan fingerprint density at radius 2 is 1.84 bits per heavy atom. The molecule has 3 rings (SSSR count). The Kier molecular flexibility index (Phi) is 5.28. The molecule has 4 nitrogen and oxygen atoms in total. The molecule has 0 unspecified atom stereocenters. The molecule has 0 aromatic heterocycles. The lowest BCUT2D eigenvalue weighted by Gasteiger charge is -2.33. The third-order valence-electron chi connectivity index (χ3n) is 4.39. The summed E-state index contributed by atoms with van der Waals surface area (Å²) in [6.45, 7) is 1.77. The molecule has 1 atom stereocenters. The number of hydrogen-bond donors (Lipinski definition) is 1. The molecule has 6 heteroatoms. The number of nitrogens with one attached hydrogen (secondary N) is 1. The average molecular weight is 346 g/mol. The largest absolute Gasteiger partial charge is 0.380 e. The van der Waals surface area contributed by atoms with Crippen LogP contribution in [0.3, 0.4) is 0 Å². The molecule has 1 N–H and O–H groups in total. The molecular formula is C19H20F2N2O2. The first-order valence-corrected chi connectivity index (χ1v) is 8.21. The van der Waals surface area contributed by atoms with Crippen molar-refractivity contribution < 1.29 is 18.3 Å². The van der Waals surface area contributed by atoms with Crippen molar-refractivity contribution in [2.45, 2.75) is 18.9 Å². The summed E-state index contributed by atoms with van der Waals surface area (Å²) in [4.78, 5) is 14.3. The van der Waals surface area contributed by atoms with Crippen molar-refractivity contribution in [2.75, 3.05) is 30.4 Å². The Morgan fingerprint density at radius 1 is 1.16 bits per heavy atom. The van der Waals surface area contributed by atoms with Crippen LogP contribution in [0.2, 0.25) is 0 Å². The van der Waals surface area contributed by atoms with Crippen LogP contribution < -0.4 is 10.2 Å². The average Bonchev–Trinajstić information content (AvgIpc) is 2.62. The number of rotatable bonds is 4. The quantitative estimate of drug-likeness (QED) is 0.915. The van der Waals surface area contributed by atoms with Gasteiger partial charge in [0.05, 0.1) is 6.10 Å². The number of methoxy groups -OCH3 is 1. The summed E-state index contributed by atoms with van der Waals surface area (Å²) in [6.07, 6.45) is 2.33. The zero-order valence-electron chi connectivity index (χ0n) is 14.0. The van der Waals surface area contributed by atoms with E-state index >= 15 is 0 Å². The molecule has 1 fully saturated rings. The lowest BCUT2D eigenvalue weighted by atomic mass is 10.1. The second kappa shape index (κ2) is 7.61. The summed E-state index contributed by atoms with van der Waals surface area (Å²) < 4.78 is 32.7. The first-order valence-electron chi connectivity index (χ1n) is 8.21. The highest BCUT2D eigenvalue weighted by Crippen LogP contribution is 2.23. The number of halogens is 2. The Bertz CT molecular complexity index is 729. The van der Waals surface area contributed by atoms with Gasteiger partial charge in [0, 0.05) is 31.6 Å². The van der Waals surface area contributed by atoms with Gasteiger partial charge in [-0.1, -0.05) is 6.07 Å². The number of carbonyl (C=O) groups is 1. The van der Waals surface area contributed by atoms with E-state index in [0.717, 1.165) is 43.8 Å². The number of hydrogen-bond acceptors (Lipinski definition) is 3. The molecule has 132 valence electrons. The topological polar surface area (TPSA) is 41.6 Å². The number of piperidine rings is 1. The molecule has 1 heterocycles. The van der Waals surface area contributed by atoms with Gasteiger partial charge in [-0.15, -0.1) is 0 Å². The Morgan fingerprint density at radius 3 is 2.48 bits per heavy atom. The maximum absolute atomic E-state index is 13.7. The zero-order chi connectivity index (χ0) is 17.8. The fourth-order valence-electron chi connectivity index (χ4n) is 3.03. The first-order chi connectivity index (χ1) is 12.1. The SMILES string of the molecule is CO[C@@H]1CCCN(c2ccc(NC(=O)c3c(F)cccc3F)cc2)C1. The van der Waals surface area contributed by atoms with Crippen molar-refractivity contribution in [3.8, 4) is 0 Å². The van der Waals surface area contributed by atoms with Crippen molar-refractivity contribution in [2.24, 2.45) is 0 Å². The smallest absolute Gasteiger partial charge is 0.261 e. The van der Waals surface area contributed by atoms with E-state index in [4.69, 9.17) is 4.74 Å². The summed E-state index contributed by atoms with van der Waals surface area (Å²) in [5.74, 6) is -2.57. The van der Waals surface area contributed by atoms with Crippen molar-refractivity contribution in [3.05, 3.63) is 59.7 Å². The van der Waals surface area contributed by atoms with Gasteiger partial charge in [0.1, 0.15) is 17.2 Å². The van der Waals surface area contributed by atoms with Crippen LogP contribution in [0.25, 0.3) is 0 Å². The molecule has 1 aliphatic heterocycles. The minimum Gasteiger partial charge on any atom is -0.380 e. The van der Waals surface area contributed by atoms with E-state index in [1.54, 1.807) is 19.2 Å². The van der Waals surface area contributed by atoms with E-state index in [2.05, 4.69) is 10.2 Å². The van der Waals surface area contributed by atoms with Crippen molar-refractivity contribution >= 4 is 17.3 Å². The van der Waals surface area contributed by atoms with E-state index in [1.807, 2.05) is 12.1 Å². The van der Waals surface area contributed by atoms with Gasteiger partial charge < -0.3 is 15.0 Å². The molecule has 2 aromatic carbocycles. The van der Waals surface area contributed by atoms with Crippen LogP contribution >= 0.6 is 0 Å². The summed E-state index contributed by atoms with van der Waals surface area (Å²) >= 11 is 0. The zero-order valence-corrected chi connectivity index (χ0v) is 14.0. The Balaban J connectivity index is 1.69. The highest BCUT2D eigenvalue weighted by atomic mass is 19.1. The van der Waals surface area contributed by atoms with Gasteiger partial charge in [0.25, 0.3) is 5.91 Å². The number of ether oxygens (including phenoxy) is 1. The Hall–Kier alpha value is -2.47. The van der Waals surface area contributed by atoms with Crippen LogP contribution in [0.15, 0.2) is 42.5 Å². The van der Waals surface area contributed by atoms with E-state index in [0.29, 0.717) is 5.69 Å². The van der Waals surface area contributed by atoms with Gasteiger partial charge in [-0.25, -0.2) is 8.78 Å². The van der Waals surface area contributed by atoms with Crippen LogP contribution in [0.5, 0.6) is 0 Å².